The zero-order chi connectivity index (χ0) is 17.1. The Morgan fingerprint density at radius 3 is 1.46 bits per heavy atom. The second-order valence-corrected chi connectivity index (χ2v) is 4.90. The quantitative estimate of drug-likeness (QED) is 0.535. The van der Waals surface area contributed by atoms with Gasteiger partial charge in [0.25, 0.3) is 11.4 Å². The number of nitro benzene ring substituents is 2. The summed E-state index contributed by atoms with van der Waals surface area (Å²) >= 11 is 0. The van der Waals surface area contributed by atoms with Crippen LogP contribution in [0.15, 0.2) is 60.9 Å². The second-order valence-electron chi connectivity index (χ2n) is 4.90. The topological polar surface area (TPSA) is 112 Å². The van der Waals surface area contributed by atoms with E-state index in [0.717, 1.165) is 0 Å². The molecular formula is C16H10N4O4. The average Bonchev–Trinajstić information content (AvgIpc) is 2.62. The molecule has 8 nitrogen and oxygen atoms in total. The molecule has 0 aliphatic heterocycles. The number of nitro groups is 2. The molecule has 2 aromatic carbocycles. The lowest BCUT2D eigenvalue weighted by atomic mass is 10.1. The molecule has 1 heterocycles. The number of rotatable bonds is 4. The molecular weight excluding hydrogens is 312 g/mol. The maximum Gasteiger partial charge on any atom is 0.270 e. The predicted molar refractivity (Wildman–Crippen MR) is 86.2 cm³/mol. The monoisotopic (exact) mass is 322 g/mol. The van der Waals surface area contributed by atoms with Crippen LogP contribution in [0.1, 0.15) is 0 Å². The molecule has 0 spiro atoms. The lowest BCUT2D eigenvalue weighted by Crippen LogP contribution is -1.92. The SMILES string of the molecule is O=[N+]([O-])c1cccc(-c2cnc(-c3cccc([N+](=O)[O-])c3)cn2)c1. The highest BCUT2D eigenvalue weighted by Gasteiger charge is 2.10. The van der Waals surface area contributed by atoms with Gasteiger partial charge in [-0.25, -0.2) is 0 Å². The van der Waals surface area contributed by atoms with Crippen LogP contribution in [0.2, 0.25) is 0 Å². The standard InChI is InChI=1S/C16H10N4O4/c21-19(22)13-5-1-3-11(7-13)15-9-18-16(10-17-15)12-4-2-6-14(8-12)20(23)24/h1-10H. The van der Waals surface area contributed by atoms with E-state index in [1.165, 1.54) is 36.7 Å². The summed E-state index contributed by atoms with van der Waals surface area (Å²) in [6.45, 7) is 0. The normalized spacial score (nSPS) is 10.3. The molecule has 0 saturated heterocycles. The fourth-order valence-electron chi connectivity index (χ4n) is 2.18. The molecule has 0 amide bonds. The van der Waals surface area contributed by atoms with Crippen LogP contribution in [0, 0.1) is 20.2 Å². The third-order valence-electron chi connectivity index (χ3n) is 3.36. The highest BCUT2D eigenvalue weighted by Crippen LogP contribution is 2.25. The van der Waals surface area contributed by atoms with Crippen molar-refractivity contribution in [1.29, 1.82) is 0 Å². The van der Waals surface area contributed by atoms with E-state index in [1.54, 1.807) is 24.3 Å². The van der Waals surface area contributed by atoms with Gasteiger partial charge in [-0.1, -0.05) is 24.3 Å². The van der Waals surface area contributed by atoms with Crippen LogP contribution < -0.4 is 0 Å². The van der Waals surface area contributed by atoms with Gasteiger partial charge in [0.05, 0.1) is 33.6 Å². The van der Waals surface area contributed by atoms with E-state index in [2.05, 4.69) is 9.97 Å². The zero-order valence-electron chi connectivity index (χ0n) is 12.2. The first-order chi connectivity index (χ1) is 11.5. The minimum atomic E-state index is -0.478. The molecule has 3 rings (SSSR count). The van der Waals surface area contributed by atoms with Crippen molar-refractivity contribution in [2.45, 2.75) is 0 Å². The Balaban J connectivity index is 1.94. The molecule has 24 heavy (non-hydrogen) atoms. The van der Waals surface area contributed by atoms with Crippen LogP contribution in [-0.4, -0.2) is 19.8 Å². The summed E-state index contributed by atoms with van der Waals surface area (Å²) in [5.41, 5.74) is 2.04. The van der Waals surface area contributed by atoms with Gasteiger partial charge in [-0.05, 0) is 0 Å². The minimum absolute atomic E-state index is 0.0305. The van der Waals surface area contributed by atoms with Gasteiger partial charge in [-0.2, -0.15) is 0 Å². The van der Waals surface area contributed by atoms with E-state index in [9.17, 15) is 20.2 Å². The fraction of sp³-hybridized carbons (Fsp3) is 0. The molecule has 0 aliphatic rings. The maximum atomic E-state index is 10.8. The number of hydrogen-bond acceptors (Lipinski definition) is 6. The fourth-order valence-corrected chi connectivity index (χ4v) is 2.18. The van der Waals surface area contributed by atoms with E-state index < -0.39 is 9.85 Å². The van der Waals surface area contributed by atoms with Crippen LogP contribution in [0.4, 0.5) is 11.4 Å². The van der Waals surface area contributed by atoms with Crippen molar-refractivity contribution in [3.63, 3.8) is 0 Å². The van der Waals surface area contributed by atoms with Crippen LogP contribution in [0.25, 0.3) is 22.5 Å². The number of non-ortho nitro benzene ring substituents is 2. The molecule has 0 unspecified atom stereocenters. The molecule has 1 aromatic heterocycles. The summed E-state index contributed by atoms with van der Waals surface area (Å²) in [5, 5.41) is 21.7. The summed E-state index contributed by atoms with van der Waals surface area (Å²) in [4.78, 5) is 29.2. The largest absolute Gasteiger partial charge is 0.270 e. The number of nitrogens with zero attached hydrogens (tertiary/aromatic N) is 4. The number of hydrogen-bond donors (Lipinski definition) is 0. The predicted octanol–water partition coefficient (Wildman–Crippen LogP) is 3.63. The summed E-state index contributed by atoms with van der Waals surface area (Å²) in [6, 6.07) is 12.2. The molecule has 8 heteroatoms. The minimum Gasteiger partial charge on any atom is -0.258 e. The molecule has 0 atom stereocenters. The molecule has 0 radical (unpaired) electrons. The molecule has 0 N–H and O–H groups in total. The van der Waals surface area contributed by atoms with Gasteiger partial charge >= 0.3 is 0 Å². The zero-order valence-corrected chi connectivity index (χ0v) is 12.2. The third kappa shape index (κ3) is 3.07. The van der Waals surface area contributed by atoms with Gasteiger partial charge in [0, 0.05) is 35.4 Å². The van der Waals surface area contributed by atoms with E-state index >= 15 is 0 Å². The molecule has 0 saturated carbocycles. The summed E-state index contributed by atoms with van der Waals surface area (Å²) in [7, 11) is 0. The molecule has 0 bridgehead atoms. The highest BCUT2D eigenvalue weighted by molar-refractivity contribution is 5.65. The first-order valence-corrected chi connectivity index (χ1v) is 6.86. The highest BCUT2D eigenvalue weighted by atomic mass is 16.6. The third-order valence-corrected chi connectivity index (χ3v) is 3.36. The molecule has 3 aromatic rings. The Hall–Kier alpha value is -3.68. The van der Waals surface area contributed by atoms with Crippen molar-refractivity contribution in [3.05, 3.63) is 81.2 Å². The lowest BCUT2D eigenvalue weighted by molar-refractivity contribution is -0.385. The Bertz CT molecular complexity index is 849. The maximum absolute atomic E-state index is 10.8. The Morgan fingerprint density at radius 2 is 1.12 bits per heavy atom. The first kappa shape index (κ1) is 15.2. The van der Waals surface area contributed by atoms with Gasteiger partial charge < -0.3 is 0 Å². The van der Waals surface area contributed by atoms with E-state index in [0.29, 0.717) is 22.5 Å². The van der Waals surface area contributed by atoms with Gasteiger partial charge in [0.15, 0.2) is 0 Å². The lowest BCUT2D eigenvalue weighted by Gasteiger charge is -2.03. The van der Waals surface area contributed by atoms with Gasteiger partial charge in [-0.3, -0.25) is 30.2 Å². The second kappa shape index (κ2) is 6.21. The van der Waals surface area contributed by atoms with Gasteiger partial charge in [-0.15, -0.1) is 0 Å². The van der Waals surface area contributed by atoms with E-state index in [-0.39, 0.29) is 11.4 Å². The first-order valence-electron chi connectivity index (χ1n) is 6.86. The van der Waals surface area contributed by atoms with Gasteiger partial charge in [0.2, 0.25) is 0 Å². The van der Waals surface area contributed by atoms with Crippen molar-refractivity contribution in [1.82, 2.24) is 9.97 Å². The van der Waals surface area contributed by atoms with Crippen LogP contribution in [0.3, 0.4) is 0 Å². The number of aromatic nitrogens is 2. The van der Waals surface area contributed by atoms with Crippen molar-refractivity contribution < 1.29 is 9.85 Å². The van der Waals surface area contributed by atoms with Crippen LogP contribution in [-0.2, 0) is 0 Å². The van der Waals surface area contributed by atoms with Crippen LogP contribution >= 0.6 is 0 Å². The van der Waals surface area contributed by atoms with Crippen molar-refractivity contribution in [3.8, 4) is 22.5 Å². The number of benzene rings is 2. The molecule has 0 aliphatic carbocycles. The summed E-state index contributed by atoms with van der Waals surface area (Å²) in [5.74, 6) is 0. The summed E-state index contributed by atoms with van der Waals surface area (Å²) in [6.07, 6.45) is 2.96. The van der Waals surface area contributed by atoms with Crippen molar-refractivity contribution in [2.75, 3.05) is 0 Å². The van der Waals surface area contributed by atoms with Crippen molar-refractivity contribution in [2.24, 2.45) is 0 Å². The Labute approximate surface area is 135 Å². The van der Waals surface area contributed by atoms with Crippen LogP contribution in [0.5, 0.6) is 0 Å². The summed E-state index contributed by atoms with van der Waals surface area (Å²) < 4.78 is 0. The van der Waals surface area contributed by atoms with E-state index in [1.807, 2.05) is 0 Å². The Kier molecular flexibility index (Phi) is 3.94. The smallest absolute Gasteiger partial charge is 0.258 e. The molecule has 0 fully saturated rings. The Morgan fingerprint density at radius 1 is 0.708 bits per heavy atom. The van der Waals surface area contributed by atoms with E-state index in [4.69, 9.17) is 0 Å². The molecule has 118 valence electrons. The average molecular weight is 322 g/mol. The van der Waals surface area contributed by atoms with Crippen molar-refractivity contribution >= 4 is 11.4 Å². The van der Waals surface area contributed by atoms with Gasteiger partial charge in [0.1, 0.15) is 0 Å².